The van der Waals surface area contributed by atoms with Gasteiger partial charge in [-0.2, -0.15) is 0 Å². The highest BCUT2D eigenvalue weighted by atomic mass is 16.5. The Balaban J connectivity index is 1.78. The summed E-state index contributed by atoms with van der Waals surface area (Å²) in [6.45, 7) is 3.01. The molecule has 1 aromatic carbocycles. The van der Waals surface area contributed by atoms with Gasteiger partial charge in [0.1, 0.15) is 12.3 Å². The third-order valence-electron chi connectivity index (χ3n) is 3.65. The van der Waals surface area contributed by atoms with Crippen molar-refractivity contribution in [1.29, 1.82) is 0 Å². The molecule has 20 heavy (non-hydrogen) atoms. The molecule has 2 heterocycles. The quantitative estimate of drug-likeness (QED) is 0.852. The van der Waals surface area contributed by atoms with E-state index in [1.807, 2.05) is 39.9 Å². The van der Waals surface area contributed by atoms with E-state index < -0.39 is 0 Å². The van der Waals surface area contributed by atoms with E-state index in [9.17, 15) is 4.79 Å². The van der Waals surface area contributed by atoms with Crippen LogP contribution in [0.4, 0.5) is 0 Å². The van der Waals surface area contributed by atoms with Gasteiger partial charge in [0.25, 0.3) is 0 Å². The molecule has 106 valence electrons. The van der Waals surface area contributed by atoms with Crippen LogP contribution in [0.2, 0.25) is 0 Å². The van der Waals surface area contributed by atoms with Crippen LogP contribution in [-0.2, 0) is 16.1 Å². The fourth-order valence-electron chi connectivity index (χ4n) is 2.50. The second-order valence-corrected chi connectivity index (χ2v) is 4.86. The molecule has 1 aromatic heterocycles. The average molecular weight is 274 g/mol. The van der Waals surface area contributed by atoms with E-state index in [4.69, 9.17) is 9.47 Å². The number of hydrogen-bond acceptors (Lipinski definition) is 3. The molecule has 0 bridgehead atoms. The number of hydrogen-bond donors (Lipinski definition) is 0. The van der Waals surface area contributed by atoms with Gasteiger partial charge in [0, 0.05) is 30.2 Å². The largest absolute Gasteiger partial charge is 0.497 e. The molecule has 5 nitrogen and oxygen atoms in total. The summed E-state index contributed by atoms with van der Waals surface area (Å²) in [5, 5.41) is 1.08. The van der Waals surface area contributed by atoms with Crippen LogP contribution in [0.25, 0.3) is 10.9 Å². The summed E-state index contributed by atoms with van der Waals surface area (Å²) in [5.41, 5.74) is 1.05. The van der Waals surface area contributed by atoms with E-state index in [0.717, 1.165) is 16.7 Å². The summed E-state index contributed by atoms with van der Waals surface area (Å²) < 4.78 is 12.5. The van der Waals surface area contributed by atoms with Crippen molar-refractivity contribution in [3.05, 3.63) is 30.5 Å². The maximum atomic E-state index is 12.3. The number of aromatic nitrogens is 1. The molecule has 0 N–H and O–H groups in total. The van der Waals surface area contributed by atoms with Crippen molar-refractivity contribution in [2.45, 2.75) is 6.54 Å². The number of rotatable bonds is 3. The van der Waals surface area contributed by atoms with Gasteiger partial charge in [-0.15, -0.1) is 0 Å². The lowest BCUT2D eigenvalue weighted by molar-refractivity contribution is -0.135. The van der Waals surface area contributed by atoms with Crippen LogP contribution < -0.4 is 4.74 Å². The van der Waals surface area contributed by atoms with Crippen molar-refractivity contribution < 1.29 is 14.3 Å². The first-order valence-corrected chi connectivity index (χ1v) is 6.76. The summed E-state index contributed by atoms with van der Waals surface area (Å²) in [6, 6.07) is 7.88. The van der Waals surface area contributed by atoms with Crippen LogP contribution in [-0.4, -0.2) is 48.8 Å². The zero-order valence-corrected chi connectivity index (χ0v) is 11.5. The van der Waals surface area contributed by atoms with Crippen molar-refractivity contribution in [2.75, 3.05) is 33.4 Å². The van der Waals surface area contributed by atoms with E-state index in [1.165, 1.54) is 0 Å². The van der Waals surface area contributed by atoms with Crippen molar-refractivity contribution >= 4 is 16.8 Å². The van der Waals surface area contributed by atoms with E-state index in [1.54, 1.807) is 7.11 Å². The molecule has 2 aromatic rings. The molecule has 0 spiro atoms. The fraction of sp³-hybridized carbons (Fsp3) is 0.400. The summed E-state index contributed by atoms with van der Waals surface area (Å²) in [4.78, 5) is 14.1. The second kappa shape index (κ2) is 5.54. The SMILES string of the molecule is COc1ccc2c(ccn2CC(=O)N2CCOCC2)c1. The van der Waals surface area contributed by atoms with Crippen molar-refractivity contribution in [3.63, 3.8) is 0 Å². The highest BCUT2D eigenvalue weighted by Gasteiger charge is 2.17. The van der Waals surface area contributed by atoms with E-state index >= 15 is 0 Å². The first-order valence-electron chi connectivity index (χ1n) is 6.76. The van der Waals surface area contributed by atoms with Crippen molar-refractivity contribution in [1.82, 2.24) is 9.47 Å². The highest BCUT2D eigenvalue weighted by Crippen LogP contribution is 2.21. The van der Waals surface area contributed by atoms with Crippen molar-refractivity contribution in [3.8, 4) is 5.75 Å². The Morgan fingerprint density at radius 3 is 2.85 bits per heavy atom. The average Bonchev–Trinajstić information content (AvgIpc) is 2.90. The minimum Gasteiger partial charge on any atom is -0.497 e. The van der Waals surface area contributed by atoms with Crippen molar-refractivity contribution in [2.24, 2.45) is 0 Å². The lowest BCUT2D eigenvalue weighted by Crippen LogP contribution is -2.42. The molecule has 1 amide bonds. The smallest absolute Gasteiger partial charge is 0.242 e. The van der Waals surface area contributed by atoms with E-state index in [2.05, 4.69) is 0 Å². The monoisotopic (exact) mass is 274 g/mol. The van der Waals surface area contributed by atoms with Gasteiger partial charge in [0.15, 0.2) is 0 Å². The standard InChI is InChI=1S/C15H18N2O3/c1-19-13-2-3-14-12(10-13)4-5-17(14)11-15(18)16-6-8-20-9-7-16/h2-5,10H,6-9,11H2,1H3. The molecule has 3 rings (SSSR count). The number of amides is 1. The molecule has 0 atom stereocenters. The van der Waals surface area contributed by atoms with Crippen LogP contribution >= 0.6 is 0 Å². The van der Waals surface area contributed by atoms with Crippen LogP contribution in [0.5, 0.6) is 5.75 Å². The lowest BCUT2D eigenvalue weighted by Gasteiger charge is -2.27. The molecule has 5 heteroatoms. The first kappa shape index (κ1) is 13.0. The lowest BCUT2D eigenvalue weighted by atomic mass is 10.2. The van der Waals surface area contributed by atoms with E-state index in [-0.39, 0.29) is 5.91 Å². The van der Waals surface area contributed by atoms with Gasteiger partial charge in [-0.3, -0.25) is 4.79 Å². The topological polar surface area (TPSA) is 43.7 Å². The third-order valence-corrected chi connectivity index (χ3v) is 3.65. The van der Waals surface area contributed by atoms with Gasteiger partial charge in [0.2, 0.25) is 5.91 Å². The van der Waals surface area contributed by atoms with Gasteiger partial charge >= 0.3 is 0 Å². The Morgan fingerprint density at radius 1 is 1.30 bits per heavy atom. The number of carbonyl (C=O) groups excluding carboxylic acids is 1. The minimum absolute atomic E-state index is 0.140. The molecular formula is C15H18N2O3. The number of fused-ring (bicyclic) bond motifs is 1. The van der Waals surface area contributed by atoms with Gasteiger partial charge < -0.3 is 18.9 Å². The first-order chi connectivity index (χ1) is 9.78. The Kier molecular flexibility index (Phi) is 3.60. The van der Waals surface area contributed by atoms with Gasteiger partial charge in [-0.05, 0) is 24.3 Å². The number of carbonyl (C=O) groups is 1. The molecular weight excluding hydrogens is 256 g/mol. The van der Waals surface area contributed by atoms with E-state index in [0.29, 0.717) is 32.8 Å². The van der Waals surface area contributed by atoms with Crippen LogP contribution in [0.1, 0.15) is 0 Å². The second-order valence-electron chi connectivity index (χ2n) is 4.86. The predicted molar refractivity (Wildman–Crippen MR) is 75.9 cm³/mol. The molecule has 0 saturated carbocycles. The summed E-state index contributed by atoms with van der Waals surface area (Å²) >= 11 is 0. The Morgan fingerprint density at radius 2 is 2.10 bits per heavy atom. The van der Waals surface area contributed by atoms with Crippen LogP contribution in [0, 0.1) is 0 Å². The van der Waals surface area contributed by atoms with Gasteiger partial charge in [-0.25, -0.2) is 0 Å². The minimum atomic E-state index is 0.140. The molecule has 0 unspecified atom stereocenters. The number of benzene rings is 1. The summed E-state index contributed by atoms with van der Waals surface area (Å²) in [6.07, 6.45) is 1.95. The number of nitrogens with zero attached hydrogens (tertiary/aromatic N) is 2. The maximum Gasteiger partial charge on any atom is 0.242 e. The zero-order valence-electron chi connectivity index (χ0n) is 11.5. The zero-order chi connectivity index (χ0) is 13.9. The molecule has 1 fully saturated rings. The fourth-order valence-corrected chi connectivity index (χ4v) is 2.50. The number of morpholine rings is 1. The Labute approximate surface area is 117 Å². The molecule has 1 saturated heterocycles. The van der Waals surface area contributed by atoms with Gasteiger partial charge in [-0.1, -0.05) is 0 Å². The predicted octanol–water partition coefficient (Wildman–Crippen LogP) is 1.51. The molecule has 1 aliphatic heterocycles. The van der Waals surface area contributed by atoms with Crippen LogP contribution in [0.3, 0.4) is 0 Å². The molecule has 0 radical (unpaired) electrons. The Bertz CT molecular complexity index is 615. The highest BCUT2D eigenvalue weighted by molar-refractivity contribution is 5.84. The molecule has 1 aliphatic rings. The normalized spacial score (nSPS) is 15.6. The Hall–Kier alpha value is -2.01. The summed E-state index contributed by atoms with van der Waals surface area (Å²) in [5.74, 6) is 0.969. The summed E-state index contributed by atoms with van der Waals surface area (Å²) in [7, 11) is 1.65. The van der Waals surface area contributed by atoms with Gasteiger partial charge in [0.05, 0.1) is 20.3 Å². The third kappa shape index (κ3) is 2.49. The maximum absolute atomic E-state index is 12.3. The molecule has 0 aliphatic carbocycles. The number of methoxy groups -OCH3 is 1. The number of ether oxygens (including phenoxy) is 2. The van der Waals surface area contributed by atoms with Crippen LogP contribution in [0.15, 0.2) is 30.5 Å².